The topological polar surface area (TPSA) is 89.9 Å². The van der Waals surface area contributed by atoms with E-state index in [0.717, 1.165) is 5.56 Å². The van der Waals surface area contributed by atoms with E-state index in [4.69, 9.17) is 9.47 Å². The molecule has 1 fully saturated rings. The van der Waals surface area contributed by atoms with Crippen molar-refractivity contribution in [3.63, 3.8) is 0 Å². The number of halogens is 3. The molecule has 0 spiro atoms. The SMILES string of the molecule is CO[C@H]1CC[C@H](C)N2C[C@H]1n1cc(C(=O)NCc3c(F)cc(F)cc3F)c(=O)c(OCc3ccccc3)c1C2=O. The van der Waals surface area contributed by atoms with Gasteiger partial charge in [-0.15, -0.1) is 0 Å². The average Bonchev–Trinajstić information content (AvgIpc) is 3.07. The standard InChI is InChI=1S/C29H28F3N3O5/c1-16-8-9-24(39-2)23-14-34(16)29(38)25-27(40-15-17-6-4-3-5-7-17)26(36)20(13-35(23)25)28(37)33-12-19-21(31)10-18(30)11-22(19)32/h3-7,10-11,13,16,23-24H,8-9,12,14-15H2,1-2H3,(H,33,37)/t16-,23+,24-/m0/s1. The molecule has 8 nitrogen and oxygen atoms in total. The van der Waals surface area contributed by atoms with Crippen molar-refractivity contribution in [3.8, 4) is 5.75 Å². The molecule has 3 atom stereocenters. The first-order valence-electron chi connectivity index (χ1n) is 12.9. The number of methoxy groups -OCH3 is 1. The normalized spacial score (nSPS) is 20.1. The quantitative estimate of drug-likeness (QED) is 0.477. The van der Waals surface area contributed by atoms with Crippen LogP contribution in [0, 0.1) is 17.5 Å². The molecule has 0 unspecified atom stereocenters. The van der Waals surface area contributed by atoms with Gasteiger partial charge in [0.05, 0.1) is 12.1 Å². The first-order valence-corrected chi connectivity index (χ1v) is 12.9. The minimum absolute atomic E-state index is 0.0140. The van der Waals surface area contributed by atoms with Crippen LogP contribution in [0.3, 0.4) is 0 Å². The Labute approximate surface area is 228 Å². The van der Waals surface area contributed by atoms with Crippen molar-refractivity contribution in [2.24, 2.45) is 0 Å². The second kappa shape index (κ2) is 11.2. The lowest BCUT2D eigenvalue weighted by Gasteiger charge is -2.39. The van der Waals surface area contributed by atoms with Gasteiger partial charge < -0.3 is 24.3 Å². The molecular formula is C29H28F3N3O5. The molecule has 1 N–H and O–H groups in total. The molecule has 0 radical (unpaired) electrons. The molecule has 11 heteroatoms. The minimum atomic E-state index is -1.17. The zero-order chi connectivity index (χ0) is 28.6. The van der Waals surface area contributed by atoms with Gasteiger partial charge in [0.2, 0.25) is 5.43 Å². The molecule has 40 heavy (non-hydrogen) atoms. The molecule has 2 aromatic carbocycles. The molecule has 1 saturated heterocycles. The van der Waals surface area contributed by atoms with Gasteiger partial charge in [-0.2, -0.15) is 0 Å². The van der Waals surface area contributed by atoms with Gasteiger partial charge in [-0.1, -0.05) is 30.3 Å². The Morgan fingerprint density at radius 3 is 2.45 bits per heavy atom. The lowest BCUT2D eigenvalue weighted by atomic mass is 10.0. The Hall–Kier alpha value is -4.12. The first kappa shape index (κ1) is 27.4. The molecule has 3 aromatic rings. The highest BCUT2D eigenvalue weighted by Crippen LogP contribution is 2.36. The van der Waals surface area contributed by atoms with E-state index in [1.807, 2.05) is 13.0 Å². The predicted molar refractivity (Wildman–Crippen MR) is 139 cm³/mol. The van der Waals surface area contributed by atoms with Crippen LogP contribution in [-0.4, -0.2) is 47.1 Å². The number of pyridine rings is 1. The number of ether oxygens (including phenoxy) is 2. The summed E-state index contributed by atoms with van der Waals surface area (Å²) in [5.74, 6) is -5.07. The van der Waals surface area contributed by atoms with Crippen LogP contribution in [0.5, 0.6) is 5.75 Å². The number of amides is 2. The fourth-order valence-electron chi connectivity index (χ4n) is 5.32. The van der Waals surface area contributed by atoms with E-state index in [0.29, 0.717) is 31.5 Å². The molecule has 0 saturated carbocycles. The zero-order valence-electron chi connectivity index (χ0n) is 22.0. The van der Waals surface area contributed by atoms with Crippen molar-refractivity contribution in [1.82, 2.24) is 14.8 Å². The second-order valence-electron chi connectivity index (χ2n) is 9.99. The number of benzene rings is 2. The first-order chi connectivity index (χ1) is 19.2. The van der Waals surface area contributed by atoms with Crippen LogP contribution in [0.25, 0.3) is 0 Å². The number of carbonyl (C=O) groups is 2. The Kier molecular flexibility index (Phi) is 7.66. The molecule has 1 aromatic heterocycles. The molecule has 210 valence electrons. The summed E-state index contributed by atoms with van der Waals surface area (Å²) < 4.78 is 54.9. The highest BCUT2D eigenvalue weighted by Gasteiger charge is 2.43. The minimum Gasteiger partial charge on any atom is -0.483 e. The number of fused-ring (bicyclic) bond motifs is 4. The maximum atomic E-state index is 14.2. The largest absolute Gasteiger partial charge is 0.483 e. The summed E-state index contributed by atoms with van der Waals surface area (Å²) in [4.78, 5) is 42.3. The van der Waals surface area contributed by atoms with Crippen molar-refractivity contribution >= 4 is 11.8 Å². The number of hydrogen-bond acceptors (Lipinski definition) is 5. The summed E-state index contributed by atoms with van der Waals surface area (Å²) in [6.07, 6.45) is 2.29. The van der Waals surface area contributed by atoms with Gasteiger partial charge >= 0.3 is 0 Å². The van der Waals surface area contributed by atoms with Gasteiger partial charge in [-0.3, -0.25) is 14.4 Å². The van der Waals surface area contributed by atoms with Crippen LogP contribution in [0.1, 0.15) is 57.8 Å². The molecule has 5 rings (SSSR count). The van der Waals surface area contributed by atoms with E-state index in [9.17, 15) is 27.6 Å². The fraction of sp³-hybridized carbons (Fsp3) is 0.345. The van der Waals surface area contributed by atoms with Crippen molar-refractivity contribution in [2.45, 2.75) is 51.1 Å². The molecule has 2 aliphatic rings. The van der Waals surface area contributed by atoms with Crippen LogP contribution in [-0.2, 0) is 17.9 Å². The molecule has 3 heterocycles. The summed E-state index contributed by atoms with van der Waals surface area (Å²) >= 11 is 0. The Balaban J connectivity index is 1.58. The molecular weight excluding hydrogens is 527 g/mol. The van der Waals surface area contributed by atoms with Crippen LogP contribution >= 0.6 is 0 Å². The highest BCUT2D eigenvalue weighted by atomic mass is 19.1. The second-order valence-corrected chi connectivity index (χ2v) is 9.99. The van der Waals surface area contributed by atoms with Crippen LogP contribution < -0.4 is 15.5 Å². The van der Waals surface area contributed by atoms with Crippen LogP contribution in [0.2, 0.25) is 0 Å². The number of hydrogen-bond donors (Lipinski definition) is 1. The third kappa shape index (κ3) is 5.08. The third-order valence-electron chi connectivity index (χ3n) is 7.53. The van der Waals surface area contributed by atoms with E-state index in [1.165, 1.54) is 6.20 Å². The molecule has 2 bridgehead atoms. The van der Waals surface area contributed by atoms with Crippen LogP contribution in [0.15, 0.2) is 53.5 Å². The molecule has 2 aliphatic heterocycles. The number of nitrogens with one attached hydrogen (secondary N) is 1. The van der Waals surface area contributed by atoms with Crippen molar-refractivity contribution in [2.75, 3.05) is 13.7 Å². The van der Waals surface area contributed by atoms with Gasteiger partial charge in [-0.25, -0.2) is 13.2 Å². The summed E-state index contributed by atoms with van der Waals surface area (Å²) in [6.45, 7) is 1.56. The fourth-order valence-corrected chi connectivity index (χ4v) is 5.32. The Morgan fingerprint density at radius 1 is 1.07 bits per heavy atom. The third-order valence-corrected chi connectivity index (χ3v) is 7.53. The smallest absolute Gasteiger partial charge is 0.274 e. The van der Waals surface area contributed by atoms with Gasteiger partial charge in [0.15, 0.2) is 11.4 Å². The van der Waals surface area contributed by atoms with Crippen molar-refractivity contribution in [3.05, 3.63) is 98.7 Å². The van der Waals surface area contributed by atoms with E-state index in [-0.39, 0.29) is 35.8 Å². The lowest BCUT2D eigenvalue weighted by molar-refractivity contribution is 0.0327. The average molecular weight is 556 g/mol. The van der Waals surface area contributed by atoms with E-state index >= 15 is 0 Å². The van der Waals surface area contributed by atoms with Gasteiger partial charge in [0.1, 0.15) is 29.6 Å². The summed E-state index contributed by atoms with van der Waals surface area (Å²) in [5.41, 5.74) is -1.02. The number of rotatable bonds is 7. The zero-order valence-corrected chi connectivity index (χ0v) is 22.0. The summed E-state index contributed by atoms with van der Waals surface area (Å²) in [7, 11) is 1.57. The number of carbonyl (C=O) groups excluding carboxylic acids is 2. The van der Waals surface area contributed by atoms with Gasteiger partial charge in [0, 0.05) is 50.1 Å². The van der Waals surface area contributed by atoms with Crippen molar-refractivity contribution in [1.29, 1.82) is 0 Å². The summed E-state index contributed by atoms with van der Waals surface area (Å²) in [6, 6.07) is 9.49. The van der Waals surface area contributed by atoms with E-state index < -0.39 is 52.8 Å². The predicted octanol–water partition coefficient (Wildman–Crippen LogP) is 3.97. The maximum Gasteiger partial charge on any atom is 0.274 e. The number of aromatic nitrogens is 1. The highest BCUT2D eigenvalue weighted by molar-refractivity contribution is 5.99. The number of nitrogens with zero attached hydrogens (tertiary/aromatic N) is 2. The van der Waals surface area contributed by atoms with E-state index in [2.05, 4.69) is 5.32 Å². The van der Waals surface area contributed by atoms with Gasteiger partial charge in [0.25, 0.3) is 11.8 Å². The van der Waals surface area contributed by atoms with Crippen molar-refractivity contribution < 1.29 is 32.2 Å². The van der Waals surface area contributed by atoms with Crippen LogP contribution in [0.4, 0.5) is 13.2 Å². The maximum absolute atomic E-state index is 14.2. The lowest BCUT2D eigenvalue weighted by Crippen LogP contribution is -2.49. The monoisotopic (exact) mass is 555 g/mol. The Morgan fingerprint density at radius 2 is 1.77 bits per heavy atom. The van der Waals surface area contributed by atoms with Gasteiger partial charge in [-0.05, 0) is 25.3 Å². The molecule has 0 aliphatic carbocycles. The summed E-state index contributed by atoms with van der Waals surface area (Å²) in [5, 5.41) is 2.34. The molecule has 2 amide bonds. The Bertz CT molecular complexity index is 1490. The van der Waals surface area contributed by atoms with E-state index in [1.54, 1.807) is 40.8 Å².